The largest absolute Gasteiger partial charge is 0.357 e. The van der Waals surface area contributed by atoms with Gasteiger partial charge in [0.2, 0.25) is 0 Å². The number of benzene rings is 1. The molecular formula is C20H19N5O2S. The van der Waals surface area contributed by atoms with E-state index in [1.54, 1.807) is 10.9 Å². The van der Waals surface area contributed by atoms with Gasteiger partial charge in [0.15, 0.2) is 16.0 Å². The van der Waals surface area contributed by atoms with Crippen LogP contribution in [-0.4, -0.2) is 38.0 Å². The molecule has 0 aliphatic carbocycles. The number of anilines is 1. The van der Waals surface area contributed by atoms with Crippen molar-refractivity contribution in [3.8, 4) is 11.1 Å². The van der Waals surface area contributed by atoms with Crippen LogP contribution >= 0.6 is 0 Å². The Morgan fingerprint density at radius 2 is 1.82 bits per heavy atom. The topological polar surface area (TPSA) is 80.1 Å². The normalized spacial score (nSPS) is 19.7. The minimum atomic E-state index is -1.58. The third-order valence-electron chi connectivity index (χ3n) is 5.18. The molecule has 7 nitrogen and oxygen atoms in total. The first-order valence-corrected chi connectivity index (χ1v) is 10.5. The summed E-state index contributed by atoms with van der Waals surface area (Å²) < 4.78 is 15.9. The molecule has 0 radical (unpaired) electrons. The third kappa shape index (κ3) is 2.99. The highest BCUT2D eigenvalue weighted by molar-refractivity contribution is 7.93. The van der Waals surface area contributed by atoms with E-state index in [1.807, 2.05) is 24.4 Å². The number of hydrogen-bond acceptors (Lipinski definition) is 5. The minimum Gasteiger partial charge on any atom is -0.357 e. The van der Waals surface area contributed by atoms with Crippen molar-refractivity contribution in [1.82, 2.24) is 19.5 Å². The lowest BCUT2D eigenvalue weighted by Crippen LogP contribution is -2.29. The predicted molar refractivity (Wildman–Crippen MR) is 110 cm³/mol. The summed E-state index contributed by atoms with van der Waals surface area (Å²) in [5.41, 5.74) is 2.88. The molecule has 1 atom stereocenters. The number of piperidine rings is 1. The lowest BCUT2D eigenvalue weighted by Gasteiger charge is -2.27. The maximum Gasteiger partial charge on any atom is 0.258 e. The summed E-state index contributed by atoms with van der Waals surface area (Å²) in [7, 11) is -1.58. The zero-order chi connectivity index (χ0) is 19.1. The number of pyridine rings is 1. The van der Waals surface area contributed by atoms with Crippen LogP contribution in [0.2, 0.25) is 0 Å². The maximum absolute atomic E-state index is 12.0. The van der Waals surface area contributed by atoms with Crippen LogP contribution in [0.3, 0.4) is 0 Å². The summed E-state index contributed by atoms with van der Waals surface area (Å²) >= 11 is 0. The fraction of sp³-hybridized carbons (Fsp3) is 0.250. The molecule has 4 heterocycles. The standard InChI is InChI=1S/C20H19N5O2S/c26-19-11-20(28(27)23-19)25-17-6-4-14(10-16(17)13-22-25)15-5-7-18(21-12-15)24-8-2-1-3-9-24/h4-7,10-13H,1-3,8-9H2,(H,23,26). The summed E-state index contributed by atoms with van der Waals surface area (Å²) in [5, 5.41) is 5.57. The van der Waals surface area contributed by atoms with E-state index in [9.17, 15) is 9.00 Å². The van der Waals surface area contributed by atoms with E-state index in [-0.39, 0.29) is 5.91 Å². The molecule has 1 unspecified atom stereocenters. The molecule has 1 fully saturated rings. The molecule has 5 rings (SSSR count). The summed E-state index contributed by atoms with van der Waals surface area (Å²) in [4.78, 5) is 18.4. The lowest BCUT2D eigenvalue weighted by molar-refractivity contribution is -0.114. The van der Waals surface area contributed by atoms with Crippen LogP contribution in [-0.2, 0) is 15.8 Å². The summed E-state index contributed by atoms with van der Waals surface area (Å²) in [6.45, 7) is 2.15. The van der Waals surface area contributed by atoms with E-state index in [2.05, 4.69) is 31.8 Å². The van der Waals surface area contributed by atoms with Gasteiger partial charge in [-0.3, -0.25) is 9.52 Å². The number of hydrogen-bond donors (Lipinski definition) is 1. The van der Waals surface area contributed by atoms with Crippen LogP contribution in [0.1, 0.15) is 19.3 Å². The molecule has 8 heteroatoms. The van der Waals surface area contributed by atoms with Gasteiger partial charge in [0, 0.05) is 36.3 Å². The number of nitrogens with one attached hydrogen (secondary N) is 1. The first-order valence-electron chi connectivity index (χ1n) is 9.33. The Labute approximate surface area is 164 Å². The highest BCUT2D eigenvalue weighted by Crippen LogP contribution is 2.28. The van der Waals surface area contributed by atoms with Gasteiger partial charge in [-0.2, -0.15) is 5.10 Å². The molecule has 0 saturated carbocycles. The van der Waals surface area contributed by atoms with Crippen molar-refractivity contribution in [2.75, 3.05) is 18.0 Å². The number of fused-ring (bicyclic) bond motifs is 1. The molecule has 2 aromatic heterocycles. The van der Waals surface area contributed by atoms with E-state index >= 15 is 0 Å². The average molecular weight is 393 g/mol. The van der Waals surface area contributed by atoms with Crippen molar-refractivity contribution in [3.63, 3.8) is 0 Å². The van der Waals surface area contributed by atoms with Crippen molar-refractivity contribution < 1.29 is 9.00 Å². The van der Waals surface area contributed by atoms with Crippen LogP contribution in [0.15, 0.2) is 48.8 Å². The van der Waals surface area contributed by atoms with Crippen molar-refractivity contribution in [2.24, 2.45) is 0 Å². The number of nitrogens with zero attached hydrogens (tertiary/aromatic N) is 4. The number of amides is 1. The molecule has 2 aliphatic rings. The molecular weight excluding hydrogens is 374 g/mol. The maximum atomic E-state index is 12.0. The highest BCUT2D eigenvalue weighted by atomic mass is 32.2. The van der Waals surface area contributed by atoms with Crippen molar-refractivity contribution in [3.05, 3.63) is 48.8 Å². The second-order valence-electron chi connectivity index (χ2n) is 7.00. The fourth-order valence-electron chi connectivity index (χ4n) is 3.73. The first kappa shape index (κ1) is 17.1. The SMILES string of the molecule is O=C1C=C(n2ncc3cc(-c4ccc(N5CCCCC5)nc4)ccc32)S(=O)N1. The highest BCUT2D eigenvalue weighted by Gasteiger charge is 2.23. The van der Waals surface area contributed by atoms with Gasteiger partial charge in [0.1, 0.15) is 5.82 Å². The Bertz CT molecular complexity index is 1110. The number of rotatable bonds is 3. The molecule has 0 spiro atoms. The van der Waals surface area contributed by atoms with Crippen molar-refractivity contribution in [2.45, 2.75) is 19.3 Å². The molecule has 1 N–H and O–H groups in total. The predicted octanol–water partition coefficient (Wildman–Crippen LogP) is 2.68. The van der Waals surface area contributed by atoms with E-state index in [4.69, 9.17) is 0 Å². The Morgan fingerprint density at radius 3 is 2.54 bits per heavy atom. The Kier molecular flexibility index (Phi) is 4.20. The molecule has 28 heavy (non-hydrogen) atoms. The van der Waals surface area contributed by atoms with E-state index in [0.29, 0.717) is 5.03 Å². The quantitative estimate of drug-likeness (QED) is 0.740. The van der Waals surface area contributed by atoms with Gasteiger partial charge in [0.25, 0.3) is 5.91 Å². The van der Waals surface area contributed by atoms with Gasteiger partial charge in [-0.25, -0.2) is 13.9 Å². The van der Waals surface area contributed by atoms with E-state index < -0.39 is 11.0 Å². The van der Waals surface area contributed by atoms with Gasteiger partial charge in [-0.05, 0) is 49.1 Å². The molecule has 1 amide bonds. The van der Waals surface area contributed by atoms with Crippen LogP contribution < -0.4 is 9.62 Å². The van der Waals surface area contributed by atoms with Crippen LogP contribution in [0.5, 0.6) is 0 Å². The number of carbonyl (C=O) groups is 1. The van der Waals surface area contributed by atoms with Gasteiger partial charge >= 0.3 is 0 Å². The third-order valence-corrected chi connectivity index (χ3v) is 6.23. The van der Waals surface area contributed by atoms with Gasteiger partial charge < -0.3 is 4.90 Å². The summed E-state index contributed by atoms with van der Waals surface area (Å²) in [5.74, 6) is 0.665. The van der Waals surface area contributed by atoms with Gasteiger partial charge in [-0.1, -0.05) is 6.07 Å². The summed E-state index contributed by atoms with van der Waals surface area (Å²) in [6.07, 6.45) is 8.71. The van der Waals surface area contributed by atoms with Crippen LogP contribution in [0.25, 0.3) is 27.1 Å². The second kappa shape index (κ2) is 6.87. The average Bonchev–Trinajstić information content (AvgIpc) is 3.30. The zero-order valence-corrected chi connectivity index (χ0v) is 16.0. The Hall–Kier alpha value is -3.00. The first-order chi connectivity index (χ1) is 13.7. The number of aromatic nitrogens is 3. The molecule has 1 saturated heterocycles. The van der Waals surface area contributed by atoms with Crippen LogP contribution in [0.4, 0.5) is 5.82 Å². The minimum absolute atomic E-state index is 0.348. The summed E-state index contributed by atoms with van der Waals surface area (Å²) in [6, 6.07) is 10.1. The zero-order valence-electron chi connectivity index (χ0n) is 15.2. The van der Waals surface area contributed by atoms with Crippen molar-refractivity contribution in [1.29, 1.82) is 0 Å². The Morgan fingerprint density at radius 1 is 1.00 bits per heavy atom. The van der Waals surface area contributed by atoms with Gasteiger partial charge in [0.05, 0.1) is 11.7 Å². The molecule has 3 aromatic rings. The lowest BCUT2D eigenvalue weighted by atomic mass is 10.1. The molecule has 1 aromatic carbocycles. The smallest absolute Gasteiger partial charge is 0.258 e. The van der Waals surface area contributed by atoms with Gasteiger partial charge in [-0.15, -0.1) is 0 Å². The number of carbonyl (C=O) groups excluding carboxylic acids is 1. The Balaban J connectivity index is 1.45. The van der Waals surface area contributed by atoms with E-state index in [1.165, 1.54) is 25.3 Å². The molecule has 0 bridgehead atoms. The molecule has 2 aliphatic heterocycles. The van der Waals surface area contributed by atoms with E-state index in [0.717, 1.165) is 40.9 Å². The second-order valence-corrected chi connectivity index (χ2v) is 8.16. The van der Waals surface area contributed by atoms with Crippen molar-refractivity contribution >= 4 is 38.6 Å². The molecule has 142 valence electrons. The van der Waals surface area contributed by atoms with Crippen LogP contribution in [0, 0.1) is 0 Å². The monoisotopic (exact) mass is 393 g/mol. The fourth-order valence-corrected chi connectivity index (χ4v) is 4.60.